The van der Waals surface area contributed by atoms with E-state index in [0.717, 1.165) is 10.0 Å². The first-order valence-electron chi connectivity index (χ1n) is 6.16. The zero-order chi connectivity index (χ0) is 14.7. The predicted octanol–water partition coefficient (Wildman–Crippen LogP) is 4.21. The Morgan fingerprint density at radius 2 is 1.70 bits per heavy atom. The molecule has 2 aromatic carbocycles. The van der Waals surface area contributed by atoms with E-state index in [4.69, 9.17) is 0 Å². The molecule has 0 atom stereocenters. The Bertz CT molecular complexity index is 663. The van der Waals surface area contributed by atoms with Crippen LogP contribution < -0.4 is 5.32 Å². The molecule has 2 aromatic rings. The third kappa shape index (κ3) is 3.14. The molecule has 0 fully saturated rings. The van der Waals surface area contributed by atoms with E-state index in [2.05, 4.69) is 21.2 Å². The van der Waals surface area contributed by atoms with Crippen LogP contribution >= 0.6 is 15.9 Å². The van der Waals surface area contributed by atoms with Crippen molar-refractivity contribution in [3.63, 3.8) is 0 Å². The Balaban J connectivity index is 2.19. The van der Waals surface area contributed by atoms with Gasteiger partial charge in [-0.05, 0) is 65.7 Å². The number of Topliss-reactive ketones (excluding diaryl/α,β-unsaturated/α-hetero) is 1. The lowest BCUT2D eigenvalue weighted by Gasteiger charge is -2.08. The summed E-state index contributed by atoms with van der Waals surface area (Å²) in [5, 5.41) is 2.81. The first kappa shape index (κ1) is 14.5. The van der Waals surface area contributed by atoms with Crippen molar-refractivity contribution < 1.29 is 9.59 Å². The number of rotatable bonds is 3. The molecule has 0 spiro atoms. The smallest absolute Gasteiger partial charge is 0.256 e. The Morgan fingerprint density at radius 1 is 1.05 bits per heavy atom. The van der Waals surface area contributed by atoms with E-state index >= 15 is 0 Å². The van der Waals surface area contributed by atoms with Gasteiger partial charge in [0.2, 0.25) is 0 Å². The lowest BCUT2D eigenvalue weighted by molar-refractivity contribution is 0.101. The minimum absolute atomic E-state index is 0.00399. The van der Waals surface area contributed by atoms with Crippen LogP contribution in [-0.2, 0) is 0 Å². The summed E-state index contributed by atoms with van der Waals surface area (Å²) in [4.78, 5) is 23.4. The minimum atomic E-state index is -0.184. The highest BCUT2D eigenvalue weighted by Crippen LogP contribution is 2.22. The van der Waals surface area contributed by atoms with Crippen LogP contribution in [0.15, 0.2) is 46.9 Å². The van der Waals surface area contributed by atoms with Crippen LogP contribution in [0.1, 0.15) is 33.2 Å². The van der Waals surface area contributed by atoms with Crippen molar-refractivity contribution in [2.24, 2.45) is 0 Å². The number of benzene rings is 2. The summed E-state index contributed by atoms with van der Waals surface area (Å²) in [6.45, 7) is 3.44. The van der Waals surface area contributed by atoms with Gasteiger partial charge in [0, 0.05) is 15.7 Å². The van der Waals surface area contributed by atoms with E-state index in [9.17, 15) is 9.59 Å². The summed E-state index contributed by atoms with van der Waals surface area (Å²) in [5.74, 6) is -0.180. The molecule has 0 aliphatic heterocycles. The molecule has 0 unspecified atom stereocenters. The standard InChI is InChI=1S/C16H14BrNO2/c1-10-4-3-5-14(15(10)17)16(20)18-13-8-6-12(7-9-13)11(2)19/h3-9H,1-2H3,(H,18,20). The predicted molar refractivity (Wildman–Crippen MR) is 83.3 cm³/mol. The van der Waals surface area contributed by atoms with Crippen molar-refractivity contribution in [1.82, 2.24) is 0 Å². The highest BCUT2D eigenvalue weighted by Gasteiger charge is 2.11. The molecule has 102 valence electrons. The maximum absolute atomic E-state index is 12.2. The van der Waals surface area contributed by atoms with Gasteiger partial charge in [0.25, 0.3) is 5.91 Å². The number of hydrogen-bond donors (Lipinski definition) is 1. The lowest BCUT2D eigenvalue weighted by Crippen LogP contribution is -2.13. The van der Waals surface area contributed by atoms with E-state index in [1.807, 2.05) is 19.1 Å². The fraction of sp³-hybridized carbons (Fsp3) is 0.125. The summed E-state index contributed by atoms with van der Waals surface area (Å²) in [5.41, 5.74) is 2.87. The molecule has 20 heavy (non-hydrogen) atoms. The van der Waals surface area contributed by atoms with Crippen molar-refractivity contribution >= 4 is 33.3 Å². The van der Waals surface area contributed by atoms with Crippen LogP contribution in [0.4, 0.5) is 5.69 Å². The van der Waals surface area contributed by atoms with Gasteiger partial charge in [-0.1, -0.05) is 12.1 Å². The van der Waals surface area contributed by atoms with Crippen molar-refractivity contribution in [3.05, 3.63) is 63.6 Å². The second kappa shape index (κ2) is 6.01. The van der Waals surface area contributed by atoms with E-state index in [0.29, 0.717) is 16.8 Å². The highest BCUT2D eigenvalue weighted by atomic mass is 79.9. The van der Waals surface area contributed by atoms with Gasteiger partial charge in [-0.15, -0.1) is 0 Å². The van der Waals surface area contributed by atoms with Gasteiger partial charge in [0.05, 0.1) is 5.56 Å². The zero-order valence-electron chi connectivity index (χ0n) is 11.2. The fourth-order valence-electron chi connectivity index (χ4n) is 1.81. The molecule has 0 aliphatic rings. The van der Waals surface area contributed by atoms with Crippen molar-refractivity contribution in [3.8, 4) is 0 Å². The molecule has 4 heteroatoms. The summed E-state index contributed by atoms with van der Waals surface area (Å²) < 4.78 is 0.790. The molecule has 1 N–H and O–H groups in total. The van der Waals surface area contributed by atoms with E-state index < -0.39 is 0 Å². The number of aryl methyl sites for hydroxylation is 1. The Kier molecular flexibility index (Phi) is 4.35. The van der Waals surface area contributed by atoms with Gasteiger partial charge in [-0.3, -0.25) is 9.59 Å². The summed E-state index contributed by atoms with van der Waals surface area (Å²) in [7, 11) is 0. The first-order chi connectivity index (χ1) is 9.49. The summed E-state index contributed by atoms with van der Waals surface area (Å²) in [6.07, 6.45) is 0. The molecule has 3 nitrogen and oxygen atoms in total. The number of nitrogens with one attached hydrogen (secondary N) is 1. The summed E-state index contributed by atoms with van der Waals surface area (Å²) in [6, 6.07) is 12.4. The largest absolute Gasteiger partial charge is 0.322 e. The Morgan fingerprint density at radius 3 is 2.30 bits per heavy atom. The second-order valence-electron chi connectivity index (χ2n) is 4.52. The molecular weight excluding hydrogens is 318 g/mol. The van der Waals surface area contributed by atoms with Crippen molar-refractivity contribution in [2.75, 3.05) is 5.32 Å². The maximum Gasteiger partial charge on any atom is 0.256 e. The Labute approximate surface area is 126 Å². The van der Waals surface area contributed by atoms with Gasteiger partial charge >= 0.3 is 0 Å². The molecule has 0 radical (unpaired) electrons. The number of halogens is 1. The van der Waals surface area contributed by atoms with Crippen LogP contribution in [0.25, 0.3) is 0 Å². The molecule has 0 aromatic heterocycles. The van der Waals surface area contributed by atoms with Crippen LogP contribution in [0.3, 0.4) is 0 Å². The second-order valence-corrected chi connectivity index (χ2v) is 5.32. The van der Waals surface area contributed by atoms with Gasteiger partial charge in [0.15, 0.2) is 5.78 Å². The molecule has 2 rings (SSSR count). The monoisotopic (exact) mass is 331 g/mol. The van der Waals surface area contributed by atoms with Crippen LogP contribution in [0.5, 0.6) is 0 Å². The molecule has 0 aliphatic carbocycles. The van der Waals surface area contributed by atoms with E-state index in [1.165, 1.54) is 6.92 Å². The van der Waals surface area contributed by atoms with Crippen LogP contribution in [0.2, 0.25) is 0 Å². The number of anilines is 1. The number of carbonyl (C=O) groups is 2. The lowest BCUT2D eigenvalue weighted by atomic mass is 10.1. The third-order valence-electron chi connectivity index (χ3n) is 2.99. The van der Waals surface area contributed by atoms with Gasteiger partial charge in [-0.2, -0.15) is 0 Å². The quantitative estimate of drug-likeness (QED) is 0.856. The van der Waals surface area contributed by atoms with E-state index in [1.54, 1.807) is 30.3 Å². The number of amides is 1. The highest BCUT2D eigenvalue weighted by molar-refractivity contribution is 9.10. The zero-order valence-corrected chi connectivity index (χ0v) is 12.8. The molecule has 0 saturated carbocycles. The number of ketones is 1. The fourth-order valence-corrected chi connectivity index (χ4v) is 2.25. The number of hydrogen-bond acceptors (Lipinski definition) is 2. The minimum Gasteiger partial charge on any atom is -0.322 e. The first-order valence-corrected chi connectivity index (χ1v) is 6.96. The van der Waals surface area contributed by atoms with Gasteiger partial charge in [-0.25, -0.2) is 0 Å². The molecular formula is C16H14BrNO2. The third-order valence-corrected chi connectivity index (χ3v) is 4.04. The van der Waals surface area contributed by atoms with Crippen LogP contribution in [0, 0.1) is 6.92 Å². The normalized spacial score (nSPS) is 10.2. The van der Waals surface area contributed by atoms with Gasteiger partial charge < -0.3 is 5.32 Å². The average molecular weight is 332 g/mol. The SMILES string of the molecule is CC(=O)c1ccc(NC(=O)c2cccc(C)c2Br)cc1. The summed E-state index contributed by atoms with van der Waals surface area (Å²) >= 11 is 3.42. The van der Waals surface area contributed by atoms with Crippen molar-refractivity contribution in [1.29, 1.82) is 0 Å². The van der Waals surface area contributed by atoms with E-state index in [-0.39, 0.29) is 11.7 Å². The maximum atomic E-state index is 12.2. The topological polar surface area (TPSA) is 46.2 Å². The van der Waals surface area contributed by atoms with Gasteiger partial charge in [0.1, 0.15) is 0 Å². The Hall–Kier alpha value is -1.94. The van der Waals surface area contributed by atoms with Crippen molar-refractivity contribution in [2.45, 2.75) is 13.8 Å². The molecule has 0 bridgehead atoms. The number of carbonyl (C=O) groups excluding carboxylic acids is 2. The average Bonchev–Trinajstić information content (AvgIpc) is 2.42. The molecule has 0 saturated heterocycles. The molecule has 0 heterocycles. The van der Waals surface area contributed by atoms with Crippen LogP contribution in [-0.4, -0.2) is 11.7 Å². The molecule has 1 amide bonds.